The molecule has 0 radical (unpaired) electrons. The Balaban J connectivity index is 0.00000512. The van der Waals surface area contributed by atoms with Gasteiger partial charge in [-0.05, 0) is 56.4 Å². The summed E-state index contributed by atoms with van der Waals surface area (Å²) >= 11 is 0. The minimum atomic E-state index is -0.241. The number of aliphatic imine (C=N–C) groups is 1. The van der Waals surface area contributed by atoms with Crippen LogP contribution in [0.15, 0.2) is 41.4 Å². The minimum absolute atomic E-state index is 0. The van der Waals surface area contributed by atoms with Crippen molar-refractivity contribution in [2.45, 2.75) is 19.5 Å². The molecule has 0 aromatic heterocycles. The normalized spacial score (nSPS) is 12.1. The summed E-state index contributed by atoms with van der Waals surface area (Å²) in [4.78, 5) is 6.78. The number of benzene rings is 2. The van der Waals surface area contributed by atoms with Crippen molar-refractivity contribution >= 4 is 29.9 Å². The number of likely N-dealkylation sites (N-methyl/N-ethyl adjacent to an activating group) is 1. The van der Waals surface area contributed by atoms with Gasteiger partial charge in [0.25, 0.3) is 0 Å². The van der Waals surface area contributed by atoms with Crippen molar-refractivity contribution < 1.29 is 18.6 Å². The van der Waals surface area contributed by atoms with E-state index in [2.05, 4.69) is 15.5 Å². The fourth-order valence-corrected chi connectivity index (χ4v) is 3.22. The number of nitrogens with zero attached hydrogens (tertiary/aromatic N) is 2. The minimum Gasteiger partial charge on any atom is -0.493 e. The lowest BCUT2D eigenvalue weighted by atomic mass is 10.1. The van der Waals surface area contributed by atoms with Gasteiger partial charge in [0.15, 0.2) is 17.5 Å². The highest BCUT2D eigenvalue weighted by atomic mass is 127. The van der Waals surface area contributed by atoms with Crippen molar-refractivity contribution in [3.8, 4) is 17.2 Å². The van der Waals surface area contributed by atoms with Crippen LogP contribution in [0.5, 0.6) is 17.2 Å². The Labute approximate surface area is 207 Å². The van der Waals surface area contributed by atoms with E-state index < -0.39 is 0 Å². The first-order valence-corrected chi connectivity index (χ1v) is 10.2. The van der Waals surface area contributed by atoms with Gasteiger partial charge >= 0.3 is 0 Å². The fraction of sp³-hybridized carbons (Fsp3) is 0.435. The third-order valence-corrected chi connectivity index (χ3v) is 4.83. The zero-order valence-corrected chi connectivity index (χ0v) is 21.9. The van der Waals surface area contributed by atoms with Crippen LogP contribution in [0.2, 0.25) is 0 Å². The lowest BCUT2D eigenvalue weighted by Gasteiger charge is -2.26. The molecule has 32 heavy (non-hydrogen) atoms. The SMILES string of the molecule is CCNC(=NCc1cc(OC)c(OC)c(OC)c1)NCC(c1ccc(F)cc1)N(C)C.I. The molecule has 2 rings (SSSR count). The van der Waals surface area contributed by atoms with E-state index in [1.807, 2.05) is 45.3 Å². The number of methoxy groups -OCH3 is 3. The lowest BCUT2D eigenvalue weighted by molar-refractivity contribution is 0.298. The van der Waals surface area contributed by atoms with Gasteiger partial charge in [-0.1, -0.05) is 12.1 Å². The van der Waals surface area contributed by atoms with Crippen molar-refractivity contribution in [2.24, 2.45) is 4.99 Å². The molecule has 0 bridgehead atoms. The van der Waals surface area contributed by atoms with Crippen LogP contribution in [0.1, 0.15) is 24.1 Å². The summed E-state index contributed by atoms with van der Waals surface area (Å²) < 4.78 is 29.5. The molecule has 0 spiro atoms. The number of hydrogen-bond acceptors (Lipinski definition) is 5. The van der Waals surface area contributed by atoms with Gasteiger partial charge in [-0.25, -0.2) is 9.38 Å². The Morgan fingerprint density at radius 3 is 2.06 bits per heavy atom. The molecular formula is C23H34FIN4O3. The summed E-state index contributed by atoms with van der Waals surface area (Å²) in [5.74, 6) is 2.18. The molecule has 9 heteroatoms. The van der Waals surface area contributed by atoms with Crippen LogP contribution in [0, 0.1) is 5.82 Å². The van der Waals surface area contributed by atoms with Crippen LogP contribution in [-0.4, -0.2) is 59.4 Å². The zero-order valence-electron chi connectivity index (χ0n) is 19.6. The summed E-state index contributed by atoms with van der Waals surface area (Å²) in [6.45, 7) is 3.78. The van der Waals surface area contributed by atoms with Crippen molar-refractivity contribution in [1.29, 1.82) is 0 Å². The van der Waals surface area contributed by atoms with Gasteiger partial charge < -0.3 is 29.7 Å². The number of nitrogens with one attached hydrogen (secondary N) is 2. The average molecular weight is 560 g/mol. The van der Waals surface area contributed by atoms with E-state index in [1.165, 1.54) is 12.1 Å². The molecule has 1 atom stereocenters. The van der Waals surface area contributed by atoms with Gasteiger partial charge in [-0.3, -0.25) is 0 Å². The first-order valence-electron chi connectivity index (χ1n) is 10.2. The van der Waals surface area contributed by atoms with E-state index in [0.29, 0.717) is 36.3 Å². The number of halogens is 2. The molecule has 0 saturated carbocycles. The summed E-state index contributed by atoms with van der Waals surface area (Å²) in [5, 5.41) is 6.64. The molecule has 2 N–H and O–H groups in total. The number of guanidine groups is 1. The van der Waals surface area contributed by atoms with Crippen molar-refractivity contribution in [1.82, 2.24) is 15.5 Å². The maximum atomic E-state index is 13.3. The maximum Gasteiger partial charge on any atom is 0.203 e. The highest BCUT2D eigenvalue weighted by Gasteiger charge is 2.16. The number of hydrogen-bond donors (Lipinski definition) is 2. The first kappa shape index (κ1) is 27.8. The quantitative estimate of drug-likeness (QED) is 0.262. The topological polar surface area (TPSA) is 67.4 Å². The van der Waals surface area contributed by atoms with E-state index in [1.54, 1.807) is 21.3 Å². The van der Waals surface area contributed by atoms with Gasteiger partial charge in [0.05, 0.1) is 33.9 Å². The molecule has 0 aliphatic carbocycles. The Morgan fingerprint density at radius 1 is 1.00 bits per heavy atom. The van der Waals surface area contributed by atoms with Gasteiger partial charge in [-0.15, -0.1) is 24.0 Å². The molecule has 0 amide bonds. The van der Waals surface area contributed by atoms with Gasteiger partial charge in [0.1, 0.15) is 5.82 Å². The van der Waals surface area contributed by atoms with Crippen LogP contribution in [0.4, 0.5) is 4.39 Å². The molecule has 2 aromatic rings. The maximum absolute atomic E-state index is 13.3. The Bertz CT molecular complexity index is 838. The first-order chi connectivity index (χ1) is 14.9. The largest absolute Gasteiger partial charge is 0.493 e. The Kier molecular flexibility index (Phi) is 12.1. The molecule has 0 aliphatic heterocycles. The highest BCUT2D eigenvalue weighted by Crippen LogP contribution is 2.38. The second-order valence-electron chi connectivity index (χ2n) is 7.14. The molecule has 178 valence electrons. The molecule has 0 saturated heterocycles. The van der Waals surface area contributed by atoms with Crippen LogP contribution in [-0.2, 0) is 6.54 Å². The summed E-state index contributed by atoms with van der Waals surface area (Å²) in [7, 11) is 8.75. The van der Waals surface area contributed by atoms with Gasteiger partial charge in [0, 0.05) is 13.1 Å². The second kappa shape index (κ2) is 14.0. The summed E-state index contributed by atoms with van der Waals surface area (Å²) in [6.07, 6.45) is 0. The van der Waals surface area contributed by atoms with Crippen LogP contribution in [0.3, 0.4) is 0 Å². The van der Waals surface area contributed by atoms with Crippen LogP contribution >= 0.6 is 24.0 Å². The highest BCUT2D eigenvalue weighted by molar-refractivity contribution is 14.0. The second-order valence-corrected chi connectivity index (χ2v) is 7.14. The van der Waals surface area contributed by atoms with Crippen LogP contribution in [0.25, 0.3) is 0 Å². The molecule has 1 unspecified atom stereocenters. The molecule has 0 heterocycles. The standard InChI is InChI=1S/C23H33FN4O3.HI/c1-7-25-23(27-15-19(28(2)3)17-8-10-18(24)11-9-17)26-14-16-12-20(29-4)22(31-6)21(13-16)30-5;/h8-13,19H,7,14-15H2,1-6H3,(H2,25,26,27);1H. The van der Waals surface area contributed by atoms with Crippen molar-refractivity contribution in [3.63, 3.8) is 0 Å². The fourth-order valence-electron chi connectivity index (χ4n) is 3.22. The van der Waals surface area contributed by atoms with E-state index in [0.717, 1.165) is 17.7 Å². The van der Waals surface area contributed by atoms with Crippen molar-refractivity contribution in [2.75, 3.05) is 48.5 Å². The zero-order chi connectivity index (χ0) is 22.8. The molecule has 7 nitrogen and oxygen atoms in total. The molecule has 0 fully saturated rings. The Hall–Kier alpha value is -2.27. The predicted octanol–water partition coefficient (Wildman–Crippen LogP) is 3.83. The summed E-state index contributed by atoms with van der Waals surface area (Å²) in [6, 6.07) is 10.4. The lowest BCUT2D eigenvalue weighted by Crippen LogP contribution is -2.41. The van der Waals surface area contributed by atoms with Crippen molar-refractivity contribution in [3.05, 3.63) is 53.3 Å². The number of rotatable bonds is 10. The number of ether oxygens (including phenoxy) is 3. The van der Waals surface area contributed by atoms with E-state index >= 15 is 0 Å². The van der Waals surface area contributed by atoms with E-state index in [9.17, 15) is 4.39 Å². The third kappa shape index (κ3) is 7.70. The molecular weight excluding hydrogens is 526 g/mol. The monoisotopic (exact) mass is 560 g/mol. The van der Waals surface area contributed by atoms with Crippen LogP contribution < -0.4 is 24.8 Å². The van der Waals surface area contributed by atoms with E-state index in [4.69, 9.17) is 19.2 Å². The van der Waals surface area contributed by atoms with Gasteiger partial charge in [0.2, 0.25) is 5.75 Å². The smallest absolute Gasteiger partial charge is 0.203 e. The predicted molar refractivity (Wildman–Crippen MR) is 137 cm³/mol. The third-order valence-electron chi connectivity index (χ3n) is 4.83. The van der Waals surface area contributed by atoms with Gasteiger partial charge in [-0.2, -0.15) is 0 Å². The molecule has 2 aromatic carbocycles. The van der Waals surface area contributed by atoms with E-state index in [-0.39, 0.29) is 35.8 Å². The average Bonchev–Trinajstić information content (AvgIpc) is 2.77. The Morgan fingerprint density at radius 2 is 1.59 bits per heavy atom. The summed E-state index contributed by atoms with van der Waals surface area (Å²) in [5.41, 5.74) is 1.95. The molecule has 0 aliphatic rings.